The van der Waals surface area contributed by atoms with Crippen molar-refractivity contribution in [1.29, 1.82) is 0 Å². The molecule has 0 aliphatic carbocycles. The standard InChI is InChI=1S/C23H16ClN3O4/c24-18-11-7-15(13-20(18)27(29)30)8-12-22(28)25-14-16-5-9-17(10-6-16)23-26-19-3-1-2-4-21(19)31-23/h1-13H,14H2,(H,25,28)/b12-8+. The Hall–Kier alpha value is -3.97. The maximum Gasteiger partial charge on any atom is 0.288 e. The van der Waals surface area contributed by atoms with Crippen LogP contribution >= 0.6 is 11.6 Å². The molecule has 0 radical (unpaired) electrons. The molecule has 4 rings (SSSR count). The number of para-hydroxylation sites is 2. The Bertz CT molecular complexity index is 1260. The van der Waals surface area contributed by atoms with Crippen molar-refractivity contribution < 1.29 is 14.1 Å². The number of carbonyl (C=O) groups excluding carboxylic acids is 1. The number of aromatic nitrogens is 1. The Kier molecular flexibility index (Phi) is 5.77. The van der Waals surface area contributed by atoms with Crippen LogP contribution in [0.2, 0.25) is 5.02 Å². The summed E-state index contributed by atoms with van der Waals surface area (Å²) in [5.41, 5.74) is 3.58. The highest BCUT2D eigenvalue weighted by Gasteiger charge is 2.12. The van der Waals surface area contributed by atoms with Crippen LogP contribution in [0.15, 0.2) is 77.2 Å². The number of hydrogen-bond donors (Lipinski definition) is 1. The molecule has 0 bridgehead atoms. The average molecular weight is 434 g/mol. The zero-order valence-electron chi connectivity index (χ0n) is 16.1. The molecule has 7 nitrogen and oxygen atoms in total. The summed E-state index contributed by atoms with van der Waals surface area (Å²) in [4.78, 5) is 26.9. The Morgan fingerprint density at radius 1 is 1.13 bits per heavy atom. The van der Waals surface area contributed by atoms with Crippen molar-refractivity contribution in [2.45, 2.75) is 6.54 Å². The van der Waals surface area contributed by atoms with Crippen LogP contribution in [0.1, 0.15) is 11.1 Å². The van der Waals surface area contributed by atoms with E-state index >= 15 is 0 Å². The van der Waals surface area contributed by atoms with Crippen LogP contribution in [-0.2, 0) is 11.3 Å². The monoisotopic (exact) mass is 433 g/mol. The topological polar surface area (TPSA) is 98.3 Å². The van der Waals surface area contributed by atoms with E-state index in [1.165, 1.54) is 24.3 Å². The molecule has 1 N–H and O–H groups in total. The van der Waals surface area contributed by atoms with Gasteiger partial charge in [-0.1, -0.05) is 41.9 Å². The first-order valence-electron chi connectivity index (χ1n) is 9.34. The van der Waals surface area contributed by atoms with Gasteiger partial charge in [-0.2, -0.15) is 0 Å². The third-order valence-corrected chi connectivity index (χ3v) is 4.88. The third-order valence-electron chi connectivity index (χ3n) is 4.56. The van der Waals surface area contributed by atoms with E-state index in [0.29, 0.717) is 18.0 Å². The molecule has 0 atom stereocenters. The van der Waals surface area contributed by atoms with E-state index in [0.717, 1.165) is 22.2 Å². The van der Waals surface area contributed by atoms with Gasteiger partial charge in [-0.3, -0.25) is 14.9 Å². The van der Waals surface area contributed by atoms with Crippen molar-refractivity contribution in [3.05, 3.63) is 99.1 Å². The van der Waals surface area contributed by atoms with Crippen molar-refractivity contribution in [2.75, 3.05) is 0 Å². The molecule has 154 valence electrons. The molecule has 8 heteroatoms. The summed E-state index contributed by atoms with van der Waals surface area (Å²) >= 11 is 5.79. The summed E-state index contributed by atoms with van der Waals surface area (Å²) < 4.78 is 5.76. The zero-order valence-corrected chi connectivity index (χ0v) is 16.9. The SMILES string of the molecule is O=C(/C=C/c1ccc(Cl)c([N+](=O)[O-])c1)NCc1ccc(-c2nc3ccccc3o2)cc1. The molecule has 1 amide bonds. The normalized spacial score (nSPS) is 11.1. The molecule has 0 aliphatic rings. The molecule has 0 saturated heterocycles. The van der Waals surface area contributed by atoms with Crippen LogP contribution < -0.4 is 5.32 Å². The maximum atomic E-state index is 12.1. The molecule has 0 fully saturated rings. The van der Waals surface area contributed by atoms with Gasteiger partial charge in [0, 0.05) is 24.3 Å². The smallest absolute Gasteiger partial charge is 0.288 e. The first kappa shape index (κ1) is 20.3. The van der Waals surface area contributed by atoms with Gasteiger partial charge in [-0.05, 0) is 47.5 Å². The van der Waals surface area contributed by atoms with E-state index in [-0.39, 0.29) is 16.6 Å². The van der Waals surface area contributed by atoms with Crippen LogP contribution in [0.3, 0.4) is 0 Å². The molecular formula is C23H16ClN3O4. The summed E-state index contributed by atoms with van der Waals surface area (Å²) in [7, 11) is 0. The first-order chi connectivity index (χ1) is 15.0. The summed E-state index contributed by atoms with van der Waals surface area (Å²) in [6, 6.07) is 19.4. The van der Waals surface area contributed by atoms with Gasteiger partial charge in [0.25, 0.3) is 5.69 Å². The second-order valence-corrected chi connectivity index (χ2v) is 7.11. The predicted molar refractivity (Wildman–Crippen MR) is 118 cm³/mol. The van der Waals surface area contributed by atoms with Crippen molar-refractivity contribution in [3.8, 4) is 11.5 Å². The molecule has 1 aromatic heterocycles. The largest absolute Gasteiger partial charge is 0.436 e. The van der Waals surface area contributed by atoms with Crippen molar-refractivity contribution in [1.82, 2.24) is 10.3 Å². The fourth-order valence-electron chi connectivity index (χ4n) is 2.95. The van der Waals surface area contributed by atoms with E-state index < -0.39 is 4.92 Å². The predicted octanol–water partition coefficient (Wildman–Crippen LogP) is 5.39. The minimum absolute atomic E-state index is 0.0490. The summed E-state index contributed by atoms with van der Waals surface area (Å²) in [6.07, 6.45) is 2.81. The van der Waals surface area contributed by atoms with Crippen LogP contribution in [0, 0.1) is 10.1 Å². The van der Waals surface area contributed by atoms with E-state index in [1.807, 2.05) is 48.5 Å². The number of nitrogens with one attached hydrogen (secondary N) is 1. The zero-order chi connectivity index (χ0) is 21.8. The fraction of sp³-hybridized carbons (Fsp3) is 0.0435. The lowest BCUT2D eigenvalue weighted by molar-refractivity contribution is -0.384. The number of fused-ring (bicyclic) bond motifs is 1. The van der Waals surface area contributed by atoms with Gasteiger partial charge in [0.05, 0.1) is 4.92 Å². The van der Waals surface area contributed by atoms with E-state index in [1.54, 1.807) is 6.07 Å². The summed E-state index contributed by atoms with van der Waals surface area (Å²) in [5, 5.41) is 13.8. The van der Waals surface area contributed by atoms with E-state index in [2.05, 4.69) is 10.3 Å². The number of nitro benzene ring substituents is 1. The number of carbonyl (C=O) groups is 1. The fourth-order valence-corrected chi connectivity index (χ4v) is 3.14. The lowest BCUT2D eigenvalue weighted by atomic mass is 10.1. The van der Waals surface area contributed by atoms with E-state index in [4.69, 9.17) is 16.0 Å². The summed E-state index contributed by atoms with van der Waals surface area (Å²) in [6.45, 7) is 0.331. The van der Waals surface area contributed by atoms with Crippen LogP contribution in [0.4, 0.5) is 5.69 Å². The molecule has 0 aliphatic heterocycles. The molecule has 1 heterocycles. The third kappa shape index (κ3) is 4.79. The maximum absolute atomic E-state index is 12.1. The van der Waals surface area contributed by atoms with Crippen LogP contribution in [-0.4, -0.2) is 15.8 Å². The number of hydrogen-bond acceptors (Lipinski definition) is 5. The first-order valence-corrected chi connectivity index (χ1v) is 9.72. The number of nitro groups is 1. The number of benzene rings is 3. The van der Waals surface area contributed by atoms with Gasteiger partial charge in [0.1, 0.15) is 10.5 Å². The number of rotatable bonds is 6. The van der Waals surface area contributed by atoms with Gasteiger partial charge in [-0.25, -0.2) is 4.98 Å². The van der Waals surface area contributed by atoms with E-state index in [9.17, 15) is 14.9 Å². The highest BCUT2D eigenvalue weighted by Crippen LogP contribution is 2.26. The van der Waals surface area contributed by atoms with Gasteiger partial charge in [-0.15, -0.1) is 0 Å². The van der Waals surface area contributed by atoms with Crippen LogP contribution in [0.5, 0.6) is 0 Å². The molecule has 0 saturated carbocycles. The average Bonchev–Trinajstić information content (AvgIpc) is 3.21. The Morgan fingerprint density at radius 3 is 2.65 bits per heavy atom. The second kappa shape index (κ2) is 8.81. The molecule has 31 heavy (non-hydrogen) atoms. The van der Waals surface area contributed by atoms with Crippen molar-refractivity contribution in [3.63, 3.8) is 0 Å². The number of nitrogens with zero attached hydrogens (tertiary/aromatic N) is 2. The molecule has 4 aromatic rings. The van der Waals surface area contributed by atoms with Crippen molar-refractivity contribution in [2.24, 2.45) is 0 Å². The Morgan fingerprint density at radius 2 is 1.90 bits per heavy atom. The lowest BCUT2D eigenvalue weighted by Gasteiger charge is -2.03. The highest BCUT2D eigenvalue weighted by atomic mass is 35.5. The number of halogens is 1. The van der Waals surface area contributed by atoms with Crippen LogP contribution in [0.25, 0.3) is 28.6 Å². The lowest BCUT2D eigenvalue weighted by Crippen LogP contribution is -2.20. The number of amides is 1. The molecule has 0 spiro atoms. The highest BCUT2D eigenvalue weighted by molar-refractivity contribution is 6.32. The minimum Gasteiger partial charge on any atom is -0.436 e. The van der Waals surface area contributed by atoms with Gasteiger partial charge in [0.2, 0.25) is 11.8 Å². The Balaban J connectivity index is 1.37. The molecule has 3 aromatic carbocycles. The Labute approximate surface area is 182 Å². The second-order valence-electron chi connectivity index (χ2n) is 6.70. The molecular weight excluding hydrogens is 418 g/mol. The summed E-state index contributed by atoms with van der Waals surface area (Å²) in [5.74, 6) is 0.220. The van der Waals surface area contributed by atoms with Gasteiger partial charge in [0.15, 0.2) is 5.58 Å². The van der Waals surface area contributed by atoms with Gasteiger partial charge >= 0.3 is 0 Å². The molecule has 0 unspecified atom stereocenters. The quantitative estimate of drug-likeness (QED) is 0.250. The minimum atomic E-state index is -0.565. The van der Waals surface area contributed by atoms with Gasteiger partial charge < -0.3 is 9.73 Å². The number of oxazole rings is 1. The van der Waals surface area contributed by atoms with Crippen molar-refractivity contribution >= 4 is 40.4 Å².